The largest absolute Gasteiger partial charge is 0.490 e. The Balaban J connectivity index is 0.000000360. The number of ether oxygens (including phenoxy) is 1. The number of aromatic nitrogens is 3. The molecule has 176 valence electrons. The minimum Gasteiger partial charge on any atom is -0.475 e. The lowest BCUT2D eigenvalue weighted by molar-refractivity contribution is -0.192. The van der Waals surface area contributed by atoms with Gasteiger partial charge in [0, 0.05) is 57.1 Å². The number of alkyl halides is 3. The van der Waals surface area contributed by atoms with Crippen molar-refractivity contribution >= 4 is 11.9 Å². The van der Waals surface area contributed by atoms with E-state index in [0.717, 1.165) is 45.2 Å². The Hall–Kier alpha value is -2.93. The number of imidazole rings is 1. The molecule has 1 fully saturated rings. The smallest absolute Gasteiger partial charge is 0.475 e. The number of nitrogens with zero attached hydrogens (tertiary/aromatic N) is 5. The highest BCUT2D eigenvalue weighted by Crippen LogP contribution is 2.19. The molecule has 0 aliphatic carbocycles. The first kappa shape index (κ1) is 23.7. The summed E-state index contributed by atoms with van der Waals surface area (Å²) in [5.74, 6) is -0.958. The number of amides is 1. The van der Waals surface area contributed by atoms with Crippen LogP contribution >= 0.6 is 0 Å². The summed E-state index contributed by atoms with van der Waals surface area (Å²) in [6.07, 6.45) is -1.29. The van der Waals surface area contributed by atoms with E-state index < -0.39 is 12.1 Å². The number of hydrogen-bond acceptors (Lipinski definition) is 7. The van der Waals surface area contributed by atoms with Crippen molar-refractivity contribution in [2.24, 2.45) is 5.92 Å². The number of hydrogen-bond donors (Lipinski definition) is 1. The molecular formula is C19H24F3N5O5. The fraction of sp³-hybridized carbons (Fsp3) is 0.579. The summed E-state index contributed by atoms with van der Waals surface area (Å²) in [6.45, 7) is 8.25. The lowest BCUT2D eigenvalue weighted by Gasteiger charge is -2.31. The molecular weight excluding hydrogens is 435 g/mol. The van der Waals surface area contributed by atoms with E-state index in [9.17, 15) is 18.0 Å². The minimum atomic E-state index is -5.08. The van der Waals surface area contributed by atoms with E-state index in [2.05, 4.69) is 19.6 Å². The molecule has 2 aliphatic heterocycles. The normalized spacial score (nSPS) is 19.5. The quantitative estimate of drug-likeness (QED) is 0.733. The van der Waals surface area contributed by atoms with E-state index in [-0.39, 0.29) is 5.91 Å². The molecule has 1 atom stereocenters. The standard InChI is InChI=1S/C17H23N5O3.C2HF3O2/c1-13-8-15(19-25-13)17(23)22-11-14(9-20-4-6-24-7-5-20)10-21-3-2-18-16(21)12-22;3-2(4,5)1(6)7/h2-3,8,14H,4-7,9-12H2,1H3;(H,6,7). The van der Waals surface area contributed by atoms with Gasteiger partial charge in [0.2, 0.25) is 0 Å². The molecule has 1 N–H and O–H groups in total. The van der Waals surface area contributed by atoms with Crippen molar-refractivity contribution in [3.8, 4) is 0 Å². The Kier molecular flexibility index (Phi) is 7.51. The van der Waals surface area contributed by atoms with Crippen molar-refractivity contribution < 1.29 is 37.1 Å². The number of fused-ring (bicyclic) bond motifs is 1. The van der Waals surface area contributed by atoms with Gasteiger partial charge in [-0.05, 0) is 6.92 Å². The maximum atomic E-state index is 12.9. The van der Waals surface area contributed by atoms with Gasteiger partial charge in [-0.3, -0.25) is 9.69 Å². The maximum Gasteiger partial charge on any atom is 0.490 e. The number of rotatable bonds is 3. The average molecular weight is 459 g/mol. The van der Waals surface area contributed by atoms with Crippen molar-refractivity contribution in [3.63, 3.8) is 0 Å². The molecule has 0 saturated carbocycles. The van der Waals surface area contributed by atoms with Crippen LogP contribution in [-0.2, 0) is 22.6 Å². The number of morpholine rings is 1. The predicted molar refractivity (Wildman–Crippen MR) is 103 cm³/mol. The van der Waals surface area contributed by atoms with Crippen LogP contribution in [0.2, 0.25) is 0 Å². The third-order valence-electron chi connectivity index (χ3n) is 5.06. The van der Waals surface area contributed by atoms with Gasteiger partial charge in [0.1, 0.15) is 11.6 Å². The van der Waals surface area contributed by atoms with E-state index >= 15 is 0 Å². The zero-order chi connectivity index (χ0) is 23.3. The fourth-order valence-corrected chi connectivity index (χ4v) is 3.59. The zero-order valence-electron chi connectivity index (χ0n) is 17.4. The van der Waals surface area contributed by atoms with Gasteiger partial charge >= 0.3 is 12.1 Å². The summed E-state index contributed by atoms with van der Waals surface area (Å²) < 4.78 is 44.4. The van der Waals surface area contributed by atoms with Crippen molar-refractivity contribution in [3.05, 3.63) is 35.7 Å². The lowest BCUT2D eigenvalue weighted by atomic mass is 10.1. The molecule has 2 aromatic heterocycles. The monoisotopic (exact) mass is 459 g/mol. The van der Waals surface area contributed by atoms with Crippen LogP contribution in [0, 0.1) is 12.8 Å². The summed E-state index contributed by atoms with van der Waals surface area (Å²) in [5.41, 5.74) is 0.364. The van der Waals surface area contributed by atoms with Gasteiger partial charge in [-0.2, -0.15) is 13.2 Å². The molecule has 0 radical (unpaired) electrons. The molecule has 4 heterocycles. The summed E-state index contributed by atoms with van der Waals surface area (Å²) in [6, 6.07) is 1.69. The number of aliphatic carboxylic acids is 1. The molecule has 4 rings (SSSR count). The minimum absolute atomic E-state index is 0.0970. The fourth-order valence-electron chi connectivity index (χ4n) is 3.59. The van der Waals surface area contributed by atoms with Crippen LogP contribution in [-0.4, -0.2) is 87.1 Å². The van der Waals surface area contributed by atoms with Gasteiger partial charge in [0.25, 0.3) is 5.91 Å². The molecule has 0 bridgehead atoms. The number of carbonyl (C=O) groups excluding carboxylic acids is 1. The van der Waals surface area contributed by atoms with Gasteiger partial charge in [0.05, 0.1) is 19.8 Å². The van der Waals surface area contributed by atoms with E-state index in [1.807, 2.05) is 11.1 Å². The highest BCUT2D eigenvalue weighted by molar-refractivity contribution is 5.92. The maximum absolute atomic E-state index is 12.9. The second-order valence-corrected chi connectivity index (χ2v) is 7.59. The second kappa shape index (κ2) is 10.1. The molecule has 0 spiro atoms. The first-order valence-corrected chi connectivity index (χ1v) is 9.96. The van der Waals surface area contributed by atoms with Crippen molar-refractivity contribution in [1.82, 2.24) is 24.5 Å². The predicted octanol–water partition coefficient (Wildman–Crippen LogP) is 1.42. The van der Waals surface area contributed by atoms with Gasteiger partial charge in [0.15, 0.2) is 5.69 Å². The lowest BCUT2D eigenvalue weighted by Crippen LogP contribution is -2.43. The molecule has 2 aliphatic rings. The summed E-state index contributed by atoms with van der Waals surface area (Å²) in [4.78, 5) is 30.4. The van der Waals surface area contributed by atoms with Crippen LogP contribution in [0.5, 0.6) is 0 Å². The first-order chi connectivity index (χ1) is 15.1. The molecule has 1 unspecified atom stereocenters. The Bertz CT molecular complexity index is 923. The van der Waals surface area contributed by atoms with Crippen molar-refractivity contribution in [1.29, 1.82) is 0 Å². The van der Waals surface area contributed by atoms with E-state index in [1.165, 1.54) is 0 Å². The average Bonchev–Trinajstić information content (AvgIpc) is 3.32. The van der Waals surface area contributed by atoms with E-state index in [1.54, 1.807) is 19.2 Å². The molecule has 10 nitrogen and oxygen atoms in total. The number of halogens is 3. The second-order valence-electron chi connectivity index (χ2n) is 7.59. The molecule has 1 amide bonds. The molecule has 32 heavy (non-hydrogen) atoms. The molecule has 1 saturated heterocycles. The highest BCUT2D eigenvalue weighted by Gasteiger charge is 2.38. The summed E-state index contributed by atoms with van der Waals surface area (Å²) in [5, 5.41) is 11.0. The third kappa shape index (κ3) is 6.29. The zero-order valence-corrected chi connectivity index (χ0v) is 17.4. The number of aryl methyl sites for hydroxylation is 1. The SMILES string of the molecule is Cc1cc(C(=O)N2Cc3nccn3CC(CN3CCOCC3)C2)no1.O=C(O)C(F)(F)F. The summed E-state index contributed by atoms with van der Waals surface area (Å²) in [7, 11) is 0. The van der Waals surface area contributed by atoms with Crippen LogP contribution in [0.1, 0.15) is 22.1 Å². The van der Waals surface area contributed by atoms with Gasteiger partial charge in [-0.25, -0.2) is 9.78 Å². The van der Waals surface area contributed by atoms with Crippen LogP contribution in [0.15, 0.2) is 23.0 Å². The highest BCUT2D eigenvalue weighted by atomic mass is 19.4. The topological polar surface area (TPSA) is 114 Å². The first-order valence-electron chi connectivity index (χ1n) is 9.96. The van der Waals surface area contributed by atoms with E-state index in [0.29, 0.717) is 30.5 Å². The van der Waals surface area contributed by atoms with Gasteiger partial charge < -0.3 is 23.8 Å². The van der Waals surface area contributed by atoms with Crippen molar-refractivity contribution in [2.75, 3.05) is 39.4 Å². The number of carboxylic acids is 1. The van der Waals surface area contributed by atoms with Crippen LogP contribution in [0.4, 0.5) is 13.2 Å². The Labute approximate surface area is 181 Å². The van der Waals surface area contributed by atoms with Crippen LogP contribution < -0.4 is 0 Å². The Morgan fingerprint density at radius 1 is 1.25 bits per heavy atom. The molecule has 2 aromatic rings. The molecule has 0 aromatic carbocycles. The number of carbonyl (C=O) groups is 2. The van der Waals surface area contributed by atoms with Crippen LogP contribution in [0.3, 0.4) is 0 Å². The third-order valence-corrected chi connectivity index (χ3v) is 5.06. The summed E-state index contributed by atoms with van der Waals surface area (Å²) >= 11 is 0. The Morgan fingerprint density at radius 2 is 1.94 bits per heavy atom. The Morgan fingerprint density at radius 3 is 2.53 bits per heavy atom. The van der Waals surface area contributed by atoms with Crippen molar-refractivity contribution in [2.45, 2.75) is 26.2 Å². The van der Waals surface area contributed by atoms with Gasteiger partial charge in [-0.15, -0.1) is 0 Å². The number of carboxylic acid groups (broad SMARTS) is 1. The van der Waals surface area contributed by atoms with Gasteiger partial charge in [-0.1, -0.05) is 5.16 Å². The van der Waals surface area contributed by atoms with Crippen LogP contribution in [0.25, 0.3) is 0 Å². The molecule has 13 heteroatoms. The van der Waals surface area contributed by atoms with E-state index in [4.69, 9.17) is 19.2 Å².